The molecule has 0 amide bonds. The number of Topliss-reactive ketones (excluding diaryl/α,β-unsaturated/α-hetero) is 1. The molecule has 4 nitrogen and oxygen atoms in total. The summed E-state index contributed by atoms with van der Waals surface area (Å²) in [6.45, 7) is 2.04. The van der Waals surface area contributed by atoms with Crippen LogP contribution in [0.5, 0.6) is 0 Å². The first-order valence-corrected chi connectivity index (χ1v) is 6.53. The van der Waals surface area contributed by atoms with E-state index in [4.69, 9.17) is 0 Å². The van der Waals surface area contributed by atoms with Gasteiger partial charge in [0.25, 0.3) is 0 Å². The van der Waals surface area contributed by atoms with E-state index in [0.29, 0.717) is 29.5 Å². The number of fused-ring (bicyclic) bond motifs is 1. The molecule has 1 aliphatic carbocycles. The number of nitrogens with zero attached hydrogens (tertiary/aromatic N) is 2. The maximum Gasteiger partial charge on any atom is 0.227 e. The molecule has 3 rings (SSSR count). The van der Waals surface area contributed by atoms with Gasteiger partial charge in [0.1, 0.15) is 5.82 Å². The zero-order valence-corrected chi connectivity index (χ0v) is 11.1. The number of carbonyl (C=O) groups excluding carboxylic acids is 1. The monoisotopic (exact) mass is 271 g/mol. The lowest BCUT2D eigenvalue weighted by atomic mass is 9.88. The molecule has 5 heteroatoms. The third-order valence-corrected chi connectivity index (χ3v) is 3.34. The molecule has 1 aromatic carbocycles. The van der Waals surface area contributed by atoms with E-state index >= 15 is 0 Å². The van der Waals surface area contributed by atoms with Crippen molar-refractivity contribution in [3.8, 4) is 0 Å². The molecule has 0 saturated heterocycles. The zero-order chi connectivity index (χ0) is 14.1. The zero-order valence-electron chi connectivity index (χ0n) is 11.1. The third kappa shape index (κ3) is 2.52. The normalized spacial score (nSPS) is 17.7. The summed E-state index contributed by atoms with van der Waals surface area (Å²) in [4.78, 5) is 20.4. The largest absolute Gasteiger partial charge is 0.324 e. The Kier molecular flexibility index (Phi) is 3.18. The molecule has 1 heterocycles. The maximum atomic E-state index is 12.8. The molecule has 1 atom stereocenters. The van der Waals surface area contributed by atoms with Gasteiger partial charge in [-0.2, -0.15) is 0 Å². The smallest absolute Gasteiger partial charge is 0.227 e. The summed E-state index contributed by atoms with van der Waals surface area (Å²) >= 11 is 0. The van der Waals surface area contributed by atoms with Crippen molar-refractivity contribution in [3.05, 3.63) is 47.5 Å². The molecular formula is C15H14FN3O. The van der Waals surface area contributed by atoms with Crippen LogP contribution in [-0.4, -0.2) is 15.8 Å². The van der Waals surface area contributed by atoms with Gasteiger partial charge < -0.3 is 5.32 Å². The van der Waals surface area contributed by atoms with Gasteiger partial charge >= 0.3 is 0 Å². The highest BCUT2D eigenvalue weighted by Crippen LogP contribution is 2.24. The van der Waals surface area contributed by atoms with Crippen molar-refractivity contribution in [1.82, 2.24) is 9.97 Å². The minimum atomic E-state index is -0.290. The minimum absolute atomic E-state index is 0.104. The van der Waals surface area contributed by atoms with Crippen molar-refractivity contribution >= 4 is 17.4 Å². The van der Waals surface area contributed by atoms with Crippen LogP contribution in [-0.2, 0) is 6.42 Å². The minimum Gasteiger partial charge on any atom is -0.324 e. The summed E-state index contributed by atoms with van der Waals surface area (Å²) in [5, 5.41) is 3.01. The van der Waals surface area contributed by atoms with E-state index in [2.05, 4.69) is 15.3 Å². The Morgan fingerprint density at radius 1 is 1.25 bits per heavy atom. The number of nitrogens with one attached hydrogen (secondary N) is 1. The second-order valence-corrected chi connectivity index (χ2v) is 5.12. The van der Waals surface area contributed by atoms with E-state index in [9.17, 15) is 9.18 Å². The molecule has 0 saturated carbocycles. The van der Waals surface area contributed by atoms with Crippen LogP contribution in [0.25, 0.3) is 0 Å². The molecule has 1 N–H and O–H groups in total. The van der Waals surface area contributed by atoms with Crippen LogP contribution >= 0.6 is 0 Å². The fraction of sp³-hybridized carbons (Fsp3) is 0.267. The number of halogens is 1. The van der Waals surface area contributed by atoms with Gasteiger partial charge in [0.2, 0.25) is 5.95 Å². The van der Waals surface area contributed by atoms with Crippen LogP contribution < -0.4 is 5.32 Å². The van der Waals surface area contributed by atoms with Crippen molar-refractivity contribution in [2.75, 3.05) is 5.32 Å². The lowest BCUT2D eigenvalue weighted by Crippen LogP contribution is -2.20. The van der Waals surface area contributed by atoms with Crippen molar-refractivity contribution in [2.45, 2.75) is 19.8 Å². The Balaban J connectivity index is 1.87. The Hall–Kier alpha value is -2.30. The molecule has 1 aliphatic rings. The lowest BCUT2D eigenvalue weighted by Gasteiger charge is -2.19. The predicted octanol–water partition coefficient (Wildman–Crippen LogP) is 3.12. The van der Waals surface area contributed by atoms with Gasteiger partial charge in [-0.05, 0) is 36.6 Å². The van der Waals surface area contributed by atoms with Crippen LogP contribution in [0.4, 0.5) is 16.0 Å². The molecule has 102 valence electrons. The van der Waals surface area contributed by atoms with Crippen LogP contribution in [0, 0.1) is 11.7 Å². The highest BCUT2D eigenvalue weighted by atomic mass is 19.1. The molecule has 1 aromatic heterocycles. The van der Waals surface area contributed by atoms with Gasteiger partial charge in [0.05, 0.1) is 11.3 Å². The molecule has 0 fully saturated rings. The maximum absolute atomic E-state index is 12.8. The van der Waals surface area contributed by atoms with E-state index in [0.717, 1.165) is 12.1 Å². The summed E-state index contributed by atoms with van der Waals surface area (Å²) < 4.78 is 12.8. The van der Waals surface area contributed by atoms with Crippen molar-refractivity contribution in [3.63, 3.8) is 0 Å². The average molecular weight is 271 g/mol. The molecule has 20 heavy (non-hydrogen) atoms. The van der Waals surface area contributed by atoms with E-state index < -0.39 is 0 Å². The fourth-order valence-electron chi connectivity index (χ4n) is 2.36. The Morgan fingerprint density at radius 2 is 2.00 bits per heavy atom. The summed E-state index contributed by atoms with van der Waals surface area (Å²) in [6.07, 6.45) is 2.91. The quantitative estimate of drug-likeness (QED) is 0.911. The van der Waals surface area contributed by atoms with Gasteiger partial charge in [-0.25, -0.2) is 14.4 Å². The molecule has 0 bridgehead atoms. The predicted molar refractivity (Wildman–Crippen MR) is 73.5 cm³/mol. The summed E-state index contributed by atoms with van der Waals surface area (Å²) in [5.74, 6) is 0.550. The lowest BCUT2D eigenvalue weighted by molar-refractivity contribution is 0.0951. The number of benzene rings is 1. The van der Waals surface area contributed by atoms with Crippen molar-refractivity contribution < 1.29 is 9.18 Å². The standard InChI is InChI=1S/C15H14FN3O/c1-9-6-13-12(14(20)7-9)8-17-15(19-13)18-11-4-2-10(16)3-5-11/h2-5,8-9H,6-7H2,1H3,(H,17,18,19)/t9-/m1/s1. The van der Waals surface area contributed by atoms with E-state index in [1.54, 1.807) is 18.3 Å². The Labute approximate surface area is 116 Å². The van der Waals surface area contributed by atoms with Crippen molar-refractivity contribution in [2.24, 2.45) is 5.92 Å². The molecule has 0 unspecified atom stereocenters. The van der Waals surface area contributed by atoms with E-state index in [-0.39, 0.29) is 11.6 Å². The highest BCUT2D eigenvalue weighted by molar-refractivity contribution is 5.98. The first kappa shape index (κ1) is 12.7. The first-order chi connectivity index (χ1) is 9.61. The molecule has 0 aliphatic heterocycles. The van der Waals surface area contributed by atoms with Gasteiger partial charge in [-0.15, -0.1) is 0 Å². The van der Waals surface area contributed by atoms with Crippen LogP contribution in [0.2, 0.25) is 0 Å². The number of ketones is 1. The Morgan fingerprint density at radius 3 is 2.75 bits per heavy atom. The number of anilines is 2. The second-order valence-electron chi connectivity index (χ2n) is 5.12. The average Bonchev–Trinajstić information content (AvgIpc) is 2.41. The molecule has 0 spiro atoms. The highest BCUT2D eigenvalue weighted by Gasteiger charge is 2.24. The van der Waals surface area contributed by atoms with Crippen LogP contribution in [0.3, 0.4) is 0 Å². The topological polar surface area (TPSA) is 54.9 Å². The fourth-order valence-corrected chi connectivity index (χ4v) is 2.36. The third-order valence-electron chi connectivity index (χ3n) is 3.34. The van der Waals surface area contributed by atoms with E-state index in [1.807, 2.05) is 6.92 Å². The van der Waals surface area contributed by atoms with Gasteiger partial charge in [0, 0.05) is 18.3 Å². The SMILES string of the molecule is C[C@H]1CC(=O)c2cnc(Nc3ccc(F)cc3)nc2C1. The molecule has 2 aromatic rings. The van der Waals surface area contributed by atoms with Gasteiger partial charge in [-0.1, -0.05) is 6.92 Å². The number of hydrogen-bond acceptors (Lipinski definition) is 4. The first-order valence-electron chi connectivity index (χ1n) is 6.53. The molecular weight excluding hydrogens is 257 g/mol. The van der Waals surface area contributed by atoms with Crippen molar-refractivity contribution in [1.29, 1.82) is 0 Å². The number of hydrogen-bond donors (Lipinski definition) is 1. The summed E-state index contributed by atoms with van der Waals surface area (Å²) in [7, 11) is 0. The number of rotatable bonds is 2. The molecule has 0 radical (unpaired) electrons. The van der Waals surface area contributed by atoms with Gasteiger partial charge in [-0.3, -0.25) is 4.79 Å². The number of aromatic nitrogens is 2. The Bertz CT molecular complexity index is 655. The van der Waals surface area contributed by atoms with E-state index in [1.165, 1.54) is 12.1 Å². The second kappa shape index (κ2) is 5.00. The number of carbonyl (C=O) groups is 1. The summed E-state index contributed by atoms with van der Waals surface area (Å²) in [6, 6.07) is 5.97. The van der Waals surface area contributed by atoms with Crippen LogP contribution in [0.15, 0.2) is 30.5 Å². The van der Waals surface area contributed by atoms with Crippen LogP contribution in [0.1, 0.15) is 29.4 Å². The summed E-state index contributed by atoms with van der Waals surface area (Å²) in [5.41, 5.74) is 2.11. The van der Waals surface area contributed by atoms with Gasteiger partial charge in [0.15, 0.2) is 5.78 Å².